The molecule has 2 aromatic carbocycles. The number of hydrogen-bond acceptors (Lipinski definition) is 5. The largest absolute Gasteiger partial charge is 0.486 e. The van der Waals surface area contributed by atoms with Gasteiger partial charge >= 0.3 is 0 Å². The number of nitrogens with zero attached hydrogens (tertiary/aromatic N) is 2. The number of fused-ring (bicyclic) bond motifs is 1. The van der Waals surface area contributed by atoms with Gasteiger partial charge in [-0.3, -0.25) is 9.78 Å². The van der Waals surface area contributed by atoms with Crippen LogP contribution in [0.25, 0.3) is 6.08 Å². The summed E-state index contributed by atoms with van der Waals surface area (Å²) in [5.41, 5.74) is 1.44. The quantitative estimate of drug-likeness (QED) is 0.498. The molecule has 0 atom stereocenters. The van der Waals surface area contributed by atoms with Crippen LogP contribution >= 0.6 is 0 Å². The maximum atomic E-state index is 14.4. The summed E-state index contributed by atoms with van der Waals surface area (Å²) in [5, 5.41) is 0. The number of pyridine rings is 1. The summed E-state index contributed by atoms with van der Waals surface area (Å²) in [7, 11) is 0. The van der Waals surface area contributed by atoms with Gasteiger partial charge in [-0.1, -0.05) is 18.2 Å². The van der Waals surface area contributed by atoms with Gasteiger partial charge in [0.1, 0.15) is 19.0 Å². The summed E-state index contributed by atoms with van der Waals surface area (Å²) in [6, 6.07) is 13.6. The van der Waals surface area contributed by atoms with E-state index in [2.05, 4.69) is 4.98 Å². The van der Waals surface area contributed by atoms with Gasteiger partial charge in [0.15, 0.2) is 23.1 Å². The van der Waals surface area contributed by atoms with E-state index in [1.165, 1.54) is 24.4 Å². The smallest absolute Gasteiger partial charge is 0.246 e. The zero-order valence-corrected chi connectivity index (χ0v) is 17.7. The highest BCUT2D eigenvalue weighted by Crippen LogP contribution is 2.34. The first-order chi connectivity index (χ1) is 15.6. The van der Waals surface area contributed by atoms with Gasteiger partial charge in [-0.25, -0.2) is 4.39 Å². The van der Waals surface area contributed by atoms with Crippen molar-refractivity contribution in [3.05, 3.63) is 83.9 Å². The number of rotatable bonds is 7. The molecule has 32 heavy (non-hydrogen) atoms. The molecule has 2 heterocycles. The Morgan fingerprint density at radius 3 is 2.84 bits per heavy atom. The molecule has 7 heteroatoms. The number of hydrogen-bond donors (Lipinski definition) is 0. The number of amides is 1. The summed E-state index contributed by atoms with van der Waals surface area (Å²) >= 11 is 0. The van der Waals surface area contributed by atoms with Crippen LogP contribution in [0.15, 0.2) is 67.0 Å². The standard InChI is InChI=1S/C25H23FN2O4/c1-2-28(17-19-5-3-7-23-25(19)31-14-13-30-23)24(29)11-9-18-8-10-22(21(26)15-18)32-20-6-4-12-27-16-20/h3-12,15-16H,2,13-14,17H2,1H3/b11-9+. The third kappa shape index (κ3) is 5.06. The predicted molar refractivity (Wildman–Crippen MR) is 118 cm³/mol. The van der Waals surface area contributed by atoms with Crippen LogP contribution in [-0.4, -0.2) is 35.5 Å². The van der Waals surface area contributed by atoms with E-state index in [1.807, 2.05) is 25.1 Å². The highest BCUT2D eigenvalue weighted by Gasteiger charge is 2.18. The number of para-hydroxylation sites is 1. The lowest BCUT2D eigenvalue weighted by atomic mass is 10.1. The van der Waals surface area contributed by atoms with Crippen molar-refractivity contribution < 1.29 is 23.4 Å². The van der Waals surface area contributed by atoms with E-state index < -0.39 is 5.82 Å². The van der Waals surface area contributed by atoms with Crippen molar-refractivity contribution in [3.8, 4) is 23.0 Å². The molecule has 0 saturated carbocycles. The second kappa shape index (κ2) is 9.96. The molecule has 0 fully saturated rings. The van der Waals surface area contributed by atoms with Crippen LogP contribution < -0.4 is 14.2 Å². The third-order valence-corrected chi connectivity index (χ3v) is 4.94. The number of carbonyl (C=O) groups is 1. The third-order valence-electron chi connectivity index (χ3n) is 4.94. The van der Waals surface area contributed by atoms with E-state index in [4.69, 9.17) is 14.2 Å². The number of halogens is 1. The number of likely N-dealkylation sites (N-methyl/N-ethyl adjacent to an activating group) is 1. The van der Waals surface area contributed by atoms with Crippen molar-refractivity contribution in [2.75, 3.05) is 19.8 Å². The van der Waals surface area contributed by atoms with Crippen LogP contribution in [0.1, 0.15) is 18.1 Å². The molecular weight excluding hydrogens is 411 g/mol. The van der Waals surface area contributed by atoms with Gasteiger partial charge in [-0.2, -0.15) is 0 Å². The number of aromatic nitrogens is 1. The molecule has 1 aliphatic heterocycles. The lowest BCUT2D eigenvalue weighted by Crippen LogP contribution is -2.29. The molecule has 0 saturated heterocycles. The first-order valence-corrected chi connectivity index (χ1v) is 10.4. The van der Waals surface area contributed by atoms with Crippen LogP contribution in [0.4, 0.5) is 4.39 Å². The Kier molecular flexibility index (Phi) is 6.65. The van der Waals surface area contributed by atoms with Crippen LogP contribution in [0.2, 0.25) is 0 Å². The fraction of sp³-hybridized carbons (Fsp3) is 0.200. The highest BCUT2D eigenvalue weighted by molar-refractivity contribution is 5.91. The second-order valence-corrected chi connectivity index (χ2v) is 7.11. The van der Waals surface area contributed by atoms with Crippen molar-refractivity contribution in [1.82, 2.24) is 9.88 Å². The van der Waals surface area contributed by atoms with E-state index >= 15 is 0 Å². The molecule has 0 aliphatic carbocycles. The number of carbonyl (C=O) groups excluding carboxylic acids is 1. The SMILES string of the molecule is CCN(Cc1cccc2c1OCCO2)C(=O)/C=C/c1ccc(Oc2cccnc2)c(F)c1. The normalized spacial score (nSPS) is 12.6. The summed E-state index contributed by atoms with van der Waals surface area (Å²) < 4.78 is 31.3. The lowest BCUT2D eigenvalue weighted by Gasteiger charge is -2.24. The van der Waals surface area contributed by atoms with Crippen LogP contribution in [0.5, 0.6) is 23.0 Å². The Morgan fingerprint density at radius 2 is 2.06 bits per heavy atom. The number of ether oxygens (including phenoxy) is 3. The van der Waals surface area contributed by atoms with Crippen molar-refractivity contribution in [1.29, 1.82) is 0 Å². The van der Waals surface area contributed by atoms with Crippen molar-refractivity contribution in [2.24, 2.45) is 0 Å². The Morgan fingerprint density at radius 1 is 1.19 bits per heavy atom. The Balaban J connectivity index is 1.43. The summed E-state index contributed by atoms with van der Waals surface area (Å²) in [6.07, 6.45) is 6.14. The molecule has 1 aromatic heterocycles. The molecule has 0 bridgehead atoms. The first kappa shape index (κ1) is 21.4. The van der Waals surface area contributed by atoms with E-state index in [9.17, 15) is 9.18 Å². The Labute approximate surface area is 185 Å². The maximum Gasteiger partial charge on any atom is 0.246 e. The molecule has 1 aliphatic rings. The van der Waals surface area contributed by atoms with Gasteiger partial charge < -0.3 is 19.1 Å². The van der Waals surface area contributed by atoms with Gasteiger partial charge in [0.05, 0.1) is 6.20 Å². The summed E-state index contributed by atoms with van der Waals surface area (Å²) in [4.78, 5) is 18.4. The zero-order valence-electron chi connectivity index (χ0n) is 17.7. The molecule has 1 amide bonds. The molecule has 6 nitrogen and oxygen atoms in total. The molecule has 4 rings (SSSR count). The average Bonchev–Trinajstić information content (AvgIpc) is 2.83. The molecule has 0 radical (unpaired) electrons. The van der Waals surface area contributed by atoms with Gasteiger partial charge in [-0.05, 0) is 48.9 Å². The van der Waals surface area contributed by atoms with E-state index in [1.54, 1.807) is 35.4 Å². The fourth-order valence-corrected chi connectivity index (χ4v) is 3.32. The van der Waals surface area contributed by atoms with Crippen LogP contribution in [0, 0.1) is 5.82 Å². The van der Waals surface area contributed by atoms with Crippen LogP contribution in [-0.2, 0) is 11.3 Å². The molecule has 3 aromatic rings. The second-order valence-electron chi connectivity index (χ2n) is 7.11. The fourth-order valence-electron chi connectivity index (χ4n) is 3.32. The highest BCUT2D eigenvalue weighted by atomic mass is 19.1. The van der Waals surface area contributed by atoms with Crippen molar-refractivity contribution in [3.63, 3.8) is 0 Å². The molecule has 0 N–H and O–H groups in total. The zero-order chi connectivity index (χ0) is 22.3. The molecular formula is C25H23FN2O4. The molecule has 0 spiro atoms. The minimum Gasteiger partial charge on any atom is -0.486 e. The predicted octanol–water partition coefficient (Wildman–Crippen LogP) is 4.85. The average molecular weight is 434 g/mol. The lowest BCUT2D eigenvalue weighted by molar-refractivity contribution is -0.126. The van der Waals surface area contributed by atoms with E-state index in [0.717, 1.165) is 5.56 Å². The summed E-state index contributed by atoms with van der Waals surface area (Å²) in [6.45, 7) is 3.80. The topological polar surface area (TPSA) is 60.9 Å². The van der Waals surface area contributed by atoms with Gasteiger partial charge in [0.2, 0.25) is 5.91 Å². The monoisotopic (exact) mass is 434 g/mol. The Hall–Kier alpha value is -3.87. The molecule has 164 valence electrons. The van der Waals surface area contributed by atoms with E-state index in [-0.39, 0.29) is 11.7 Å². The maximum absolute atomic E-state index is 14.4. The van der Waals surface area contributed by atoms with Crippen molar-refractivity contribution in [2.45, 2.75) is 13.5 Å². The van der Waals surface area contributed by atoms with Crippen molar-refractivity contribution >= 4 is 12.0 Å². The first-order valence-electron chi connectivity index (χ1n) is 10.4. The van der Waals surface area contributed by atoms with Crippen LogP contribution in [0.3, 0.4) is 0 Å². The minimum absolute atomic E-state index is 0.0905. The summed E-state index contributed by atoms with van der Waals surface area (Å²) in [5.74, 6) is 1.20. The number of benzene rings is 2. The van der Waals surface area contributed by atoms with Gasteiger partial charge in [0.25, 0.3) is 0 Å². The van der Waals surface area contributed by atoms with Gasteiger partial charge in [0, 0.05) is 30.9 Å². The van der Waals surface area contributed by atoms with E-state index in [0.29, 0.717) is 49.1 Å². The minimum atomic E-state index is -0.524. The van der Waals surface area contributed by atoms with Gasteiger partial charge in [-0.15, -0.1) is 0 Å². The Bertz CT molecular complexity index is 1120. The molecule has 0 unspecified atom stereocenters.